The molecule has 18 heavy (non-hydrogen) atoms. The van der Waals surface area contributed by atoms with Crippen LogP contribution in [0.3, 0.4) is 0 Å². The number of aryl methyl sites for hydroxylation is 1. The molecule has 0 aliphatic heterocycles. The van der Waals surface area contributed by atoms with Crippen molar-refractivity contribution in [3.05, 3.63) is 27.7 Å². The van der Waals surface area contributed by atoms with Gasteiger partial charge in [-0.1, -0.05) is 13.0 Å². The fourth-order valence-electron chi connectivity index (χ4n) is 1.52. The number of carbonyl (C=O) groups excluding carboxylic acids is 1. The molecular formula is C13H20N2O2S. The van der Waals surface area contributed by atoms with Crippen LogP contribution in [0.15, 0.2) is 17.8 Å². The molecule has 100 valence electrons. The van der Waals surface area contributed by atoms with Crippen molar-refractivity contribution in [3.63, 3.8) is 0 Å². The maximum Gasteiger partial charge on any atom is 0.333 e. The van der Waals surface area contributed by atoms with Gasteiger partial charge in [-0.3, -0.25) is 0 Å². The Balaban J connectivity index is 2.50. The standard InChI is InChI=1S/C13H20N2O2S/c1-5-11(13(16)17-4)6-7-14-10(3)12-15-8-9(2)18-12/h6,8,10,14H,5,7H2,1-4H3/b11-6-. The molecule has 0 aromatic carbocycles. The first-order valence-corrected chi connectivity index (χ1v) is 6.83. The molecule has 1 heterocycles. The highest BCUT2D eigenvalue weighted by molar-refractivity contribution is 7.11. The number of nitrogens with zero attached hydrogens (tertiary/aromatic N) is 1. The molecule has 0 spiro atoms. The summed E-state index contributed by atoms with van der Waals surface area (Å²) in [7, 11) is 1.40. The van der Waals surface area contributed by atoms with Crippen molar-refractivity contribution in [3.8, 4) is 0 Å². The highest BCUT2D eigenvalue weighted by atomic mass is 32.1. The van der Waals surface area contributed by atoms with Crippen LogP contribution < -0.4 is 5.32 Å². The van der Waals surface area contributed by atoms with Gasteiger partial charge in [0.05, 0.1) is 13.2 Å². The highest BCUT2D eigenvalue weighted by Crippen LogP contribution is 2.18. The normalized spacial score (nSPS) is 13.4. The van der Waals surface area contributed by atoms with E-state index in [1.54, 1.807) is 11.3 Å². The minimum atomic E-state index is -0.253. The van der Waals surface area contributed by atoms with Crippen molar-refractivity contribution in [2.75, 3.05) is 13.7 Å². The highest BCUT2D eigenvalue weighted by Gasteiger charge is 2.09. The van der Waals surface area contributed by atoms with E-state index in [0.717, 1.165) is 5.01 Å². The first kappa shape index (κ1) is 14.9. The van der Waals surface area contributed by atoms with E-state index >= 15 is 0 Å². The van der Waals surface area contributed by atoms with Crippen molar-refractivity contribution < 1.29 is 9.53 Å². The Kier molecular flexibility index (Phi) is 6.01. The average Bonchev–Trinajstić information content (AvgIpc) is 2.80. The molecule has 0 fully saturated rings. The molecule has 0 bridgehead atoms. The van der Waals surface area contributed by atoms with E-state index in [1.807, 2.05) is 26.1 Å². The number of aromatic nitrogens is 1. The number of carbonyl (C=O) groups is 1. The van der Waals surface area contributed by atoms with Crippen LogP contribution in [0, 0.1) is 6.92 Å². The zero-order valence-electron chi connectivity index (χ0n) is 11.3. The number of ether oxygens (including phenoxy) is 1. The van der Waals surface area contributed by atoms with Gasteiger partial charge in [0.25, 0.3) is 0 Å². The molecule has 0 aliphatic rings. The minimum absolute atomic E-state index is 0.190. The summed E-state index contributed by atoms with van der Waals surface area (Å²) < 4.78 is 4.70. The van der Waals surface area contributed by atoms with Gasteiger partial charge in [0.2, 0.25) is 0 Å². The maximum absolute atomic E-state index is 11.4. The number of rotatable bonds is 6. The number of hydrogen-bond donors (Lipinski definition) is 1. The quantitative estimate of drug-likeness (QED) is 0.636. The smallest absolute Gasteiger partial charge is 0.333 e. The van der Waals surface area contributed by atoms with E-state index in [-0.39, 0.29) is 12.0 Å². The molecule has 0 radical (unpaired) electrons. The molecule has 1 rings (SSSR count). The van der Waals surface area contributed by atoms with Crippen LogP contribution in [0.25, 0.3) is 0 Å². The van der Waals surface area contributed by atoms with Crippen molar-refractivity contribution in [2.24, 2.45) is 0 Å². The number of hydrogen-bond acceptors (Lipinski definition) is 5. The maximum atomic E-state index is 11.4. The molecule has 0 saturated carbocycles. The summed E-state index contributed by atoms with van der Waals surface area (Å²) in [4.78, 5) is 16.9. The van der Waals surface area contributed by atoms with E-state index < -0.39 is 0 Å². The van der Waals surface area contributed by atoms with Gasteiger partial charge in [-0.05, 0) is 20.3 Å². The average molecular weight is 268 g/mol. The molecule has 1 aromatic rings. The summed E-state index contributed by atoms with van der Waals surface area (Å²) in [6.45, 7) is 6.69. The van der Waals surface area contributed by atoms with Crippen LogP contribution in [-0.4, -0.2) is 24.6 Å². The Bertz CT molecular complexity index is 426. The summed E-state index contributed by atoms with van der Waals surface area (Å²) in [6, 6.07) is 0.190. The summed E-state index contributed by atoms with van der Waals surface area (Å²) in [5.41, 5.74) is 0.701. The lowest BCUT2D eigenvalue weighted by molar-refractivity contribution is -0.136. The Morgan fingerprint density at radius 1 is 1.67 bits per heavy atom. The Labute approximate surface area is 112 Å². The molecule has 1 atom stereocenters. The first-order chi connectivity index (χ1) is 8.58. The monoisotopic (exact) mass is 268 g/mol. The topological polar surface area (TPSA) is 51.2 Å². The van der Waals surface area contributed by atoms with Crippen LogP contribution in [0.2, 0.25) is 0 Å². The van der Waals surface area contributed by atoms with Crippen molar-refractivity contribution >= 4 is 17.3 Å². The molecule has 1 unspecified atom stereocenters. The second-order valence-electron chi connectivity index (χ2n) is 4.01. The van der Waals surface area contributed by atoms with Crippen molar-refractivity contribution in [2.45, 2.75) is 33.2 Å². The minimum Gasteiger partial charge on any atom is -0.466 e. The lowest BCUT2D eigenvalue weighted by Gasteiger charge is -2.09. The summed E-state index contributed by atoms with van der Waals surface area (Å²) in [5, 5.41) is 4.39. The summed E-state index contributed by atoms with van der Waals surface area (Å²) in [6.07, 6.45) is 4.43. The van der Waals surface area contributed by atoms with Gasteiger partial charge in [-0.2, -0.15) is 0 Å². The number of esters is 1. The van der Waals surface area contributed by atoms with Crippen LogP contribution in [0.5, 0.6) is 0 Å². The van der Waals surface area contributed by atoms with E-state index in [1.165, 1.54) is 12.0 Å². The lowest BCUT2D eigenvalue weighted by Crippen LogP contribution is -2.19. The number of thiazole rings is 1. The predicted molar refractivity (Wildman–Crippen MR) is 73.7 cm³/mol. The largest absolute Gasteiger partial charge is 0.466 e. The second-order valence-corrected chi connectivity index (χ2v) is 5.28. The van der Waals surface area contributed by atoms with Gasteiger partial charge in [0.15, 0.2) is 0 Å². The van der Waals surface area contributed by atoms with Crippen LogP contribution >= 0.6 is 11.3 Å². The lowest BCUT2D eigenvalue weighted by atomic mass is 10.2. The van der Waals surface area contributed by atoms with Gasteiger partial charge in [0, 0.05) is 23.2 Å². The van der Waals surface area contributed by atoms with Crippen LogP contribution in [0.1, 0.15) is 36.2 Å². The Morgan fingerprint density at radius 2 is 2.39 bits per heavy atom. The van der Waals surface area contributed by atoms with Gasteiger partial charge < -0.3 is 10.1 Å². The zero-order chi connectivity index (χ0) is 13.5. The first-order valence-electron chi connectivity index (χ1n) is 6.01. The van der Waals surface area contributed by atoms with Gasteiger partial charge in [0.1, 0.15) is 5.01 Å². The summed E-state index contributed by atoms with van der Waals surface area (Å²) >= 11 is 1.69. The third-order valence-corrected chi connectivity index (χ3v) is 3.71. The fraction of sp³-hybridized carbons (Fsp3) is 0.538. The molecule has 0 amide bonds. The predicted octanol–water partition coefficient (Wildman–Crippen LogP) is 2.61. The number of nitrogens with one attached hydrogen (secondary N) is 1. The van der Waals surface area contributed by atoms with Crippen LogP contribution in [-0.2, 0) is 9.53 Å². The molecule has 5 heteroatoms. The molecule has 0 saturated heterocycles. The third-order valence-electron chi connectivity index (χ3n) is 2.61. The van der Waals surface area contributed by atoms with E-state index in [2.05, 4.69) is 17.2 Å². The second kappa shape index (κ2) is 7.28. The summed E-state index contributed by atoms with van der Waals surface area (Å²) in [5.74, 6) is -0.253. The molecule has 1 N–H and O–H groups in total. The third kappa shape index (κ3) is 4.23. The molecule has 1 aromatic heterocycles. The van der Waals surface area contributed by atoms with E-state index in [4.69, 9.17) is 4.74 Å². The van der Waals surface area contributed by atoms with E-state index in [0.29, 0.717) is 18.5 Å². The Hall–Kier alpha value is -1.20. The molecule has 4 nitrogen and oxygen atoms in total. The zero-order valence-corrected chi connectivity index (χ0v) is 12.1. The Morgan fingerprint density at radius 3 is 2.89 bits per heavy atom. The van der Waals surface area contributed by atoms with Crippen LogP contribution in [0.4, 0.5) is 0 Å². The van der Waals surface area contributed by atoms with Gasteiger partial charge >= 0.3 is 5.97 Å². The van der Waals surface area contributed by atoms with Crippen molar-refractivity contribution in [1.29, 1.82) is 0 Å². The molecular weight excluding hydrogens is 248 g/mol. The fourth-order valence-corrected chi connectivity index (χ4v) is 2.32. The number of methoxy groups -OCH3 is 1. The van der Waals surface area contributed by atoms with Gasteiger partial charge in [-0.25, -0.2) is 9.78 Å². The SMILES string of the molecule is CC/C(=C/CNC(C)c1ncc(C)s1)C(=O)OC. The molecule has 0 aliphatic carbocycles. The van der Waals surface area contributed by atoms with E-state index in [9.17, 15) is 4.79 Å². The van der Waals surface area contributed by atoms with Crippen molar-refractivity contribution in [1.82, 2.24) is 10.3 Å². The van der Waals surface area contributed by atoms with Gasteiger partial charge in [-0.15, -0.1) is 11.3 Å².